The Morgan fingerprint density at radius 2 is 1.94 bits per heavy atom. The molecule has 1 atom stereocenters. The quantitative estimate of drug-likeness (QED) is 0.754. The van der Waals surface area contributed by atoms with Gasteiger partial charge in [-0.25, -0.2) is 0 Å². The second kappa shape index (κ2) is 8.15. The molecule has 1 N–H and O–H groups in total. The van der Waals surface area contributed by atoms with Gasteiger partial charge >= 0.3 is 0 Å². The molecule has 0 saturated heterocycles. The average Bonchev–Trinajstić information content (AvgIpc) is 2.37. The number of nitrogens with one attached hydrogen (secondary N) is 1. The lowest BCUT2D eigenvalue weighted by molar-refractivity contribution is -0.122. The van der Waals surface area contributed by atoms with Crippen molar-refractivity contribution < 1.29 is 4.79 Å². The number of carbonyl (C=O) groups is 1. The van der Waals surface area contributed by atoms with E-state index in [1.165, 1.54) is 5.56 Å². The largest absolute Gasteiger partial charge is 0.352 e. The second-order valence-corrected chi connectivity index (χ2v) is 5.22. The van der Waals surface area contributed by atoms with Crippen LogP contribution in [0.4, 0.5) is 0 Å². The van der Waals surface area contributed by atoms with E-state index < -0.39 is 0 Å². The van der Waals surface area contributed by atoms with Gasteiger partial charge in [-0.3, -0.25) is 4.79 Å². The summed E-state index contributed by atoms with van der Waals surface area (Å²) in [5.74, 6) is 0.952. The van der Waals surface area contributed by atoms with Gasteiger partial charge in [0.25, 0.3) is 0 Å². The number of benzene rings is 1. The molecule has 1 aromatic rings. The topological polar surface area (TPSA) is 29.1 Å². The van der Waals surface area contributed by atoms with Gasteiger partial charge in [0, 0.05) is 18.3 Å². The highest BCUT2D eigenvalue weighted by molar-refractivity contribution is 6.18. The van der Waals surface area contributed by atoms with Crippen molar-refractivity contribution in [3.63, 3.8) is 0 Å². The Hall–Kier alpha value is -1.02. The molecule has 0 aliphatic heterocycles. The highest BCUT2D eigenvalue weighted by Gasteiger charge is 2.14. The van der Waals surface area contributed by atoms with Gasteiger partial charge in [-0.2, -0.15) is 0 Å². The molecule has 0 aliphatic rings. The molecule has 18 heavy (non-hydrogen) atoms. The molecule has 2 nitrogen and oxygen atoms in total. The number of carbonyl (C=O) groups excluding carboxylic acids is 1. The van der Waals surface area contributed by atoms with Crippen molar-refractivity contribution in [3.05, 3.63) is 35.9 Å². The Bertz CT molecular complexity index is 351. The Balaban J connectivity index is 2.25. The highest BCUT2D eigenvalue weighted by Crippen LogP contribution is 2.07. The van der Waals surface area contributed by atoms with Crippen molar-refractivity contribution in [3.8, 4) is 0 Å². The van der Waals surface area contributed by atoms with Gasteiger partial charge in [-0.1, -0.05) is 44.2 Å². The van der Waals surface area contributed by atoms with Crippen LogP contribution in [0.15, 0.2) is 30.3 Å². The van der Waals surface area contributed by atoms with Gasteiger partial charge in [0.1, 0.15) is 0 Å². The van der Waals surface area contributed by atoms with E-state index in [4.69, 9.17) is 11.6 Å². The molecule has 0 saturated carbocycles. The van der Waals surface area contributed by atoms with Crippen LogP contribution >= 0.6 is 11.6 Å². The molecular formula is C15H22ClNO. The fraction of sp³-hybridized carbons (Fsp3) is 0.533. The average molecular weight is 268 g/mol. The zero-order chi connectivity index (χ0) is 13.4. The van der Waals surface area contributed by atoms with Crippen molar-refractivity contribution in [2.45, 2.75) is 39.2 Å². The van der Waals surface area contributed by atoms with Crippen LogP contribution in [0.25, 0.3) is 0 Å². The maximum atomic E-state index is 11.7. The molecule has 1 rings (SSSR count). The lowest BCUT2D eigenvalue weighted by Crippen LogP contribution is -2.39. The Morgan fingerprint density at radius 1 is 1.28 bits per heavy atom. The predicted molar refractivity (Wildman–Crippen MR) is 76.9 cm³/mol. The van der Waals surface area contributed by atoms with Gasteiger partial charge in [0.05, 0.1) is 0 Å². The Labute approximate surface area is 115 Å². The van der Waals surface area contributed by atoms with Crippen molar-refractivity contribution in [1.82, 2.24) is 5.32 Å². The smallest absolute Gasteiger partial charge is 0.220 e. The summed E-state index contributed by atoms with van der Waals surface area (Å²) in [4.78, 5) is 11.7. The summed E-state index contributed by atoms with van der Waals surface area (Å²) in [5, 5.41) is 2.98. The first-order valence-corrected chi connectivity index (χ1v) is 7.06. The van der Waals surface area contributed by atoms with Crippen LogP contribution in [0.5, 0.6) is 0 Å². The van der Waals surface area contributed by atoms with E-state index in [1.54, 1.807) is 0 Å². The first-order valence-electron chi connectivity index (χ1n) is 6.52. The zero-order valence-corrected chi connectivity index (χ0v) is 11.9. The maximum absolute atomic E-state index is 11.7. The van der Waals surface area contributed by atoms with Crippen molar-refractivity contribution >= 4 is 17.5 Å². The predicted octanol–water partition coefficient (Wildman–Crippen LogP) is 3.39. The first kappa shape index (κ1) is 15.0. The third-order valence-electron chi connectivity index (χ3n) is 3.03. The second-order valence-electron chi connectivity index (χ2n) is 4.91. The van der Waals surface area contributed by atoms with Crippen molar-refractivity contribution in [2.75, 3.05) is 5.88 Å². The van der Waals surface area contributed by atoms with Crippen LogP contribution in [0.2, 0.25) is 0 Å². The summed E-state index contributed by atoms with van der Waals surface area (Å²) in [6, 6.07) is 10.3. The lowest BCUT2D eigenvalue weighted by Gasteiger charge is -2.19. The van der Waals surface area contributed by atoms with Gasteiger partial charge in [0.2, 0.25) is 5.91 Å². The number of hydrogen-bond acceptors (Lipinski definition) is 1. The van der Waals surface area contributed by atoms with Crippen LogP contribution in [-0.2, 0) is 11.2 Å². The fourth-order valence-electron chi connectivity index (χ4n) is 1.76. The molecule has 0 aromatic heterocycles. The molecule has 0 aliphatic carbocycles. The van der Waals surface area contributed by atoms with Crippen LogP contribution < -0.4 is 5.32 Å². The molecule has 100 valence electrons. The number of alkyl halides is 1. The summed E-state index contributed by atoms with van der Waals surface area (Å²) in [6.45, 7) is 4.13. The minimum absolute atomic E-state index is 0.0795. The summed E-state index contributed by atoms with van der Waals surface area (Å²) in [6.07, 6.45) is 2.39. The van der Waals surface area contributed by atoms with E-state index in [1.807, 2.05) is 18.2 Å². The number of hydrogen-bond donors (Lipinski definition) is 1. The van der Waals surface area contributed by atoms with Crippen molar-refractivity contribution in [1.29, 1.82) is 0 Å². The molecule has 1 aromatic carbocycles. The van der Waals surface area contributed by atoms with Crippen molar-refractivity contribution in [2.24, 2.45) is 5.92 Å². The van der Waals surface area contributed by atoms with Crippen LogP contribution in [-0.4, -0.2) is 17.8 Å². The van der Waals surface area contributed by atoms with E-state index in [-0.39, 0.29) is 11.9 Å². The van der Waals surface area contributed by atoms with E-state index >= 15 is 0 Å². The summed E-state index contributed by atoms with van der Waals surface area (Å²) >= 11 is 5.82. The Morgan fingerprint density at radius 3 is 2.50 bits per heavy atom. The third-order valence-corrected chi connectivity index (χ3v) is 3.36. The minimum Gasteiger partial charge on any atom is -0.352 e. The fourth-order valence-corrected chi connectivity index (χ4v) is 2.19. The monoisotopic (exact) mass is 267 g/mol. The first-order chi connectivity index (χ1) is 8.63. The lowest BCUT2D eigenvalue weighted by atomic mass is 10.1. The van der Waals surface area contributed by atoms with Gasteiger partial charge < -0.3 is 5.32 Å². The number of rotatable bonds is 7. The molecule has 3 heteroatoms. The molecule has 1 amide bonds. The van der Waals surface area contributed by atoms with Crippen LogP contribution in [0, 0.1) is 5.92 Å². The molecule has 1 unspecified atom stereocenters. The van der Waals surface area contributed by atoms with Gasteiger partial charge in [-0.15, -0.1) is 11.6 Å². The SMILES string of the molecule is CC(C)C(CCl)NC(=O)CCCc1ccccc1. The molecule has 0 fully saturated rings. The molecule has 0 radical (unpaired) electrons. The number of halogens is 1. The van der Waals surface area contributed by atoms with Crippen LogP contribution in [0.3, 0.4) is 0 Å². The summed E-state index contributed by atoms with van der Waals surface area (Å²) in [5.41, 5.74) is 1.28. The van der Waals surface area contributed by atoms with E-state index in [9.17, 15) is 4.79 Å². The summed E-state index contributed by atoms with van der Waals surface area (Å²) in [7, 11) is 0. The highest BCUT2D eigenvalue weighted by atomic mass is 35.5. The zero-order valence-electron chi connectivity index (χ0n) is 11.2. The molecule has 0 spiro atoms. The maximum Gasteiger partial charge on any atom is 0.220 e. The van der Waals surface area contributed by atoms with Gasteiger partial charge in [-0.05, 0) is 24.3 Å². The van der Waals surface area contributed by atoms with E-state index in [2.05, 4.69) is 31.3 Å². The molecule has 0 heterocycles. The number of amides is 1. The minimum atomic E-state index is 0.0795. The standard InChI is InChI=1S/C15H22ClNO/c1-12(2)14(11-16)17-15(18)10-6-9-13-7-4-3-5-8-13/h3-5,7-8,12,14H,6,9-11H2,1-2H3,(H,17,18). The molecular weight excluding hydrogens is 246 g/mol. The summed E-state index contributed by atoms with van der Waals surface area (Å²) < 4.78 is 0. The van der Waals surface area contributed by atoms with Gasteiger partial charge in [0.15, 0.2) is 0 Å². The van der Waals surface area contributed by atoms with Crippen LogP contribution in [0.1, 0.15) is 32.3 Å². The van der Waals surface area contributed by atoms with E-state index in [0.29, 0.717) is 18.2 Å². The number of aryl methyl sites for hydroxylation is 1. The Kier molecular flexibility index (Phi) is 6.81. The van der Waals surface area contributed by atoms with E-state index in [0.717, 1.165) is 12.8 Å². The molecule has 0 bridgehead atoms. The normalized spacial score (nSPS) is 12.4. The third kappa shape index (κ3) is 5.54.